The molecule has 1 aromatic rings. The second-order valence-electron chi connectivity index (χ2n) is 4.41. The molecule has 0 saturated heterocycles. The van der Waals surface area contributed by atoms with E-state index in [4.69, 9.17) is 6.42 Å². The van der Waals surface area contributed by atoms with Crippen LogP contribution in [0.3, 0.4) is 0 Å². The predicted molar refractivity (Wildman–Crippen MR) is 71.8 cm³/mol. The van der Waals surface area contributed by atoms with Crippen LogP contribution in [0.25, 0.3) is 0 Å². The van der Waals surface area contributed by atoms with Crippen molar-refractivity contribution in [1.29, 1.82) is 0 Å². The monoisotopic (exact) mass is 233 g/mol. The van der Waals surface area contributed by atoms with E-state index in [2.05, 4.69) is 37.1 Å². The lowest BCUT2D eigenvalue weighted by atomic mass is 9.99. The minimum absolute atomic E-state index is 0.377. The Morgan fingerprint density at radius 2 is 2.18 bits per heavy atom. The van der Waals surface area contributed by atoms with E-state index in [1.807, 2.05) is 11.7 Å². The molecule has 0 amide bonds. The van der Waals surface area contributed by atoms with Crippen LogP contribution >= 0.6 is 0 Å². The molecule has 3 nitrogen and oxygen atoms in total. The van der Waals surface area contributed by atoms with E-state index in [-0.39, 0.29) is 0 Å². The van der Waals surface area contributed by atoms with E-state index in [1.165, 1.54) is 11.3 Å². The number of terminal acetylenes is 1. The van der Waals surface area contributed by atoms with Crippen LogP contribution in [0.1, 0.15) is 49.2 Å². The van der Waals surface area contributed by atoms with E-state index in [0.29, 0.717) is 6.04 Å². The summed E-state index contributed by atoms with van der Waals surface area (Å²) in [5.74, 6) is 2.70. The van der Waals surface area contributed by atoms with Crippen molar-refractivity contribution in [1.82, 2.24) is 15.1 Å². The standard InChI is InChI=1S/C14H23N3/c1-6-8-9-10-13(15-7-2)14-11(3)16-17(5)12(14)4/h1,13,15H,7-10H2,2-5H3. The summed E-state index contributed by atoms with van der Waals surface area (Å²) in [7, 11) is 2.00. The zero-order valence-corrected chi connectivity index (χ0v) is 11.4. The molecule has 1 atom stereocenters. The Balaban J connectivity index is 2.85. The topological polar surface area (TPSA) is 29.9 Å². The molecule has 3 heteroatoms. The molecule has 0 saturated carbocycles. The van der Waals surface area contributed by atoms with Crippen LogP contribution in [0, 0.1) is 26.2 Å². The van der Waals surface area contributed by atoms with Crippen molar-refractivity contribution in [2.75, 3.05) is 6.54 Å². The minimum Gasteiger partial charge on any atom is -0.310 e. The number of unbranched alkanes of at least 4 members (excludes halogenated alkanes) is 1. The lowest BCUT2D eigenvalue weighted by Gasteiger charge is -2.18. The predicted octanol–water partition coefficient (Wildman–Crippen LogP) is 2.49. The fourth-order valence-electron chi connectivity index (χ4n) is 2.30. The van der Waals surface area contributed by atoms with Gasteiger partial charge in [-0.05, 0) is 33.2 Å². The zero-order chi connectivity index (χ0) is 12.8. The average molecular weight is 233 g/mol. The third-order valence-electron chi connectivity index (χ3n) is 3.18. The molecule has 1 unspecified atom stereocenters. The van der Waals surface area contributed by atoms with Crippen molar-refractivity contribution in [3.63, 3.8) is 0 Å². The average Bonchev–Trinajstić information content (AvgIpc) is 2.53. The largest absolute Gasteiger partial charge is 0.310 e. The van der Waals surface area contributed by atoms with Crippen molar-refractivity contribution in [2.45, 2.75) is 46.1 Å². The molecule has 1 aromatic heterocycles. The summed E-state index contributed by atoms with van der Waals surface area (Å²) in [4.78, 5) is 0. The second-order valence-corrected chi connectivity index (χ2v) is 4.41. The van der Waals surface area contributed by atoms with Crippen LogP contribution < -0.4 is 5.32 Å². The Labute approximate surface area is 105 Å². The van der Waals surface area contributed by atoms with Crippen LogP contribution in [0.2, 0.25) is 0 Å². The van der Waals surface area contributed by atoms with Crippen molar-refractivity contribution in [3.05, 3.63) is 17.0 Å². The van der Waals surface area contributed by atoms with Crippen LogP contribution in [0.4, 0.5) is 0 Å². The molecule has 0 aliphatic carbocycles. The van der Waals surface area contributed by atoms with E-state index < -0.39 is 0 Å². The van der Waals surface area contributed by atoms with Crippen molar-refractivity contribution < 1.29 is 0 Å². The first-order valence-electron chi connectivity index (χ1n) is 6.28. The molecular formula is C14H23N3. The number of aromatic nitrogens is 2. The van der Waals surface area contributed by atoms with Crippen LogP contribution in [-0.4, -0.2) is 16.3 Å². The van der Waals surface area contributed by atoms with Crippen LogP contribution in [0.15, 0.2) is 0 Å². The quantitative estimate of drug-likeness (QED) is 0.604. The molecule has 1 N–H and O–H groups in total. The maximum absolute atomic E-state index is 5.30. The Morgan fingerprint density at radius 1 is 1.47 bits per heavy atom. The molecule has 0 aliphatic rings. The minimum atomic E-state index is 0.377. The van der Waals surface area contributed by atoms with Gasteiger partial charge >= 0.3 is 0 Å². The third-order valence-corrected chi connectivity index (χ3v) is 3.18. The van der Waals surface area contributed by atoms with E-state index in [0.717, 1.165) is 31.5 Å². The van der Waals surface area contributed by atoms with Crippen molar-refractivity contribution in [2.24, 2.45) is 7.05 Å². The number of aryl methyl sites for hydroxylation is 2. The number of nitrogens with one attached hydrogen (secondary N) is 1. The zero-order valence-electron chi connectivity index (χ0n) is 11.4. The van der Waals surface area contributed by atoms with Gasteiger partial charge in [0, 0.05) is 30.8 Å². The van der Waals surface area contributed by atoms with Crippen LogP contribution in [-0.2, 0) is 7.05 Å². The molecule has 0 bridgehead atoms. The maximum atomic E-state index is 5.30. The molecule has 0 aromatic carbocycles. The number of hydrogen-bond donors (Lipinski definition) is 1. The molecular weight excluding hydrogens is 210 g/mol. The fraction of sp³-hybridized carbons (Fsp3) is 0.643. The molecule has 17 heavy (non-hydrogen) atoms. The van der Waals surface area contributed by atoms with E-state index in [9.17, 15) is 0 Å². The van der Waals surface area contributed by atoms with Crippen LogP contribution in [0.5, 0.6) is 0 Å². The van der Waals surface area contributed by atoms with Gasteiger partial charge in [0.25, 0.3) is 0 Å². The number of nitrogens with zero attached hydrogens (tertiary/aromatic N) is 2. The summed E-state index contributed by atoms with van der Waals surface area (Å²) in [6.45, 7) is 7.30. The van der Waals surface area contributed by atoms with Gasteiger partial charge in [-0.3, -0.25) is 4.68 Å². The Morgan fingerprint density at radius 3 is 2.65 bits per heavy atom. The van der Waals surface area contributed by atoms with Gasteiger partial charge in [-0.15, -0.1) is 12.3 Å². The molecule has 0 spiro atoms. The summed E-state index contributed by atoms with van der Waals surface area (Å²) < 4.78 is 1.95. The van der Waals surface area contributed by atoms with Gasteiger partial charge in [0.15, 0.2) is 0 Å². The molecule has 0 fully saturated rings. The first-order valence-corrected chi connectivity index (χ1v) is 6.28. The van der Waals surface area contributed by atoms with Gasteiger partial charge in [-0.25, -0.2) is 0 Å². The lowest BCUT2D eigenvalue weighted by molar-refractivity contribution is 0.497. The van der Waals surface area contributed by atoms with Gasteiger partial charge < -0.3 is 5.32 Å². The molecule has 0 aliphatic heterocycles. The third kappa shape index (κ3) is 3.34. The summed E-state index contributed by atoms with van der Waals surface area (Å²) in [6.07, 6.45) is 8.28. The molecule has 94 valence electrons. The molecule has 1 heterocycles. The van der Waals surface area contributed by atoms with Gasteiger partial charge in [0.05, 0.1) is 5.69 Å². The highest BCUT2D eigenvalue weighted by atomic mass is 15.3. The van der Waals surface area contributed by atoms with Gasteiger partial charge in [0.2, 0.25) is 0 Å². The SMILES string of the molecule is C#CCCCC(NCC)c1c(C)nn(C)c1C. The highest BCUT2D eigenvalue weighted by molar-refractivity contribution is 5.28. The summed E-state index contributed by atoms with van der Waals surface area (Å²) in [5.41, 5.74) is 3.71. The van der Waals surface area contributed by atoms with E-state index >= 15 is 0 Å². The van der Waals surface area contributed by atoms with Crippen molar-refractivity contribution in [3.8, 4) is 12.3 Å². The van der Waals surface area contributed by atoms with Crippen molar-refractivity contribution >= 4 is 0 Å². The smallest absolute Gasteiger partial charge is 0.0644 e. The summed E-state index contributed by atoms with van der Waals surface area (Å²) in [6, 6.07) is 0.377. The summed E-state index contributed by atoms with van der Waals surface area (Å²) >= 11 is 0. The van der Waals surface area contributed by atoms with E-state index in [1.54, 1.807) is 0 Å². The van der Waals surface area contributed by atoms with Gasteiger partial charge in [0.1, 0.15) is 0 Å². The Bertz CT molecular complexity index is 398. The summed E-state index contributed by atoms with van der Waals surface area (Å²) in [5, 5.41) is 8.01. The number of hydrogen-bond acceptors (Lipinski definition) is 2. The maximum Gasteiger partial charge on any atom is 0.0644 e. The number of rotatable bonds is 6. The molecule has 0 radical (unpaired) electrons. The Kier molecular flexibility index (Phi) is 5.24. The van der Waals surface area contributed by atoms with Gasteiger partial charge in [-0.1, -0.05) is 6.92 Å². The first-order chi connectivity index (χ1) is 8.11. The van der Waals surface area contributed by atoms with Gasteiger partial charge in [-0.2, -0.15) is 5.10 Å². The lowest BCUT2D eigenvalue weighted by Crippen LogP contribution is -2.22. The normalized spacial score (nSPS) is 12.4. The Hall–Kier alpha value is -1.27. The highest BCUT2D eigenvalue weighted by Gasteiger charge is 2.18. The fourth-order valence-corrected chi connectivity index (χ4v) is 2.30. The first kappa shape index (κ1) is 13.8. The highest BCUT2D eigenvalue weighted by Crippen LogP contribution is 2.25. The second kappa shape index (κ2) is 6.46. The molecule has 1 rings (SSSR count).